The van der Waals surface area contributed by atoms with Crippen LogP contribution in [0.4, 0.5) is 0 Å². The Morgan fingerprint density at radius 3 is 2.27 bits per heavy atom. The Morgan fingerprint density at radius 2 is 1.58 bits per heavy atom. The summed E-state index contributed by atoms with van der Waals surface area (Å²) in [7, 11) is 0. The smallest absolute Gasteiger partial charge is 0.344 e. The maximum absolute atomic E-state index is 11.8. The Balaban J connectivity index is 1.75. The lowest BCUT2D eigenvalue weighted by atomic mass is 9.86. The largest absolute Gasteiger partial charge is 0.482 e. The Bertz CT molecular complexity index is 735. The molecule has 0 aliphatic rings. The average molecular weight is 355 g/mol. The highest BCUT2D eigenvalue weighted by atomic mass is 16.6. The molecule has 138 valence electrons. The Kier molecular flexibility index (Phi) is 6.78. The first kappa shape index (κ1) is 19.5. The summed E-state index contributed by atoms with van der Waals surface area (Å²) in [5.74, 6) is -0.286. The van der Waals surface area contributed by atoms with Crippen LogP contribution < -0.4 is 10.1 Å². The van der Waals surface area contributed by atoms with Gasteiger partial charge in [0.05, 0.1) is 0 Å². The molecule has 2 aromatic carbocycles. The molecule has 0 spiro atoms. The van der Waals surface area contributed by atoms with E-state index in [9.17, 15) is 9.59 Å². The van der Waals surface area contributed by atoms with Crippen molar-refractivity contribution >= 4 is 11.9 Å². The molecule has 5 nitrogen and oxygen atoms in total. The predicted octanol–water partition coefficient (Wildman–Crippen LogP) is 3.22. The number of esters is 1. The van der Waals surface area contributed by atoms with E-state index in [0.717, 1.165) is 11.1 Å². The van der Waals surface area contributed by atoms with Crippen LogP contribution in [0.3, 0.4) is 0 Å². The zero-order valence-electron chi connectivity index (χ0n) is 15.5. The molecule has 1 amide bonds. The van der Waals surface area contributed by atoms with Crippen molar-refractivity contribution in [2.24, 2.45) is 0 Å². The maximum atomic E-state index is 11.8. The first-order valence-corrected chi connectivity index (χ1v) is 8.55. The van der Waals surface area contributed by atoms with Gasteiger partial charge in [-0.05, 0) is 22.6 Å². The van der Waals surface area contributed by atoms with Gasteiger partial charge < -0.3 is 14.8 Å². The van der Waals surface area contributed by atoms with Crippen molar-refractivity contribution in [1.82, 2.24) is 5.32 Å². The van der Waals surface area contributed by atoms with Crippen LogP contribution in [-0.4, -0.2) is 25.1 Å². The number of carbonyl (C=O) groups is 2. The van der Waals surface area contributed by atoms with Gasteiger partial charge in [0.25, 0.3) is 5.91 Å². The third kappa shape index (κ3) is 6.24. The fraction of sp³-hybridized carbons (Fsp3) is 0.333. The van der Waals surface area contributed by atoms with Gasteiger partial charge in [-0.3, -0.25) is 4.79 Å². The number of ether oxygens (including phenoxy) is 2. The van der Waals surface area contributed by atoms with E-state index >= 15 is 0 Å². The Labute approximate surface area is 154 Å². The first-order chi connectivity index (χ1) is 12.4. The second kappa shape index (κ2) is 9.04. The van der Waals surface area contributed by atoms with E-state index in [2.05, 4.69) is 26.1 Å². The molecule has 0 saturated carbocycles. The summed E-state index contributed by atoms with van der Waals surface area (Å²) in [6, 6.07) is 17.1. The van der Waals surface area contributed by atoms with Gasteiger partial charge in [0.15, 0.2) is 13.2 Å². The predicted molar refractivity (Wildman–Crippen MR) is 99.9 cm³/mol. The van der Waals surface area contributed by atoms with E-state index in [1.54, 1.807) is 0 Å². The summed E-state index contributed by atoms with van der Waals surface area (Å²) in [6.07, 6.45) is 0. The quantitative estimate of drug-likeness (QED) is 0.775. The monoisotopic (exact) mass is 355 g/mol. The Hall–Kier alpha value is -2.82. The highest BCUT2D eigenvalue weighted by molar-refractivity contribution is 5.80. The molecule has 0 aliphatic heterocycles. The van der Waals surface area contributed by atoms with Crippen LogP contribution >= 0.6 is 0 Å². The summed E-state index contributed by atoms with van der Waals surface area (Å²) in [5, 5.41) is 2.70. The summed E-state index contributed by atoms with van der Waals surface area (Å²) in [4.78, 5) is 23.6. The zero-order valence-corrected chi connectivity index (χ0v) is 15.5. The molecule has 0 atom stereocenters. The minimum absolute atomic E-state index is 0.0994. The Morgan fingerprint density at radius 1 is 0.923 bits per heavy atom. The molecule has 0 radical (unpaired) electrons. The molecule has 0 fully saturated rings. The van der Waals surface area contributed by atoms with E-state index in [4.69, 9.17) is 9.47 Å². The lowest BCUT2D eigenvalue weighted by Crippen LogP contribution is -2.29. The van der Waals surface area contributed by atoms with Gasteiger partial charge in [0.2, 0.25) is 0 Å². The minimum atomic E-state index is -0.580. The van der Waals surface area contributed by atoms with Crippen molar-refractivity contribution in [2.45, 2.75) is 32.7 Å². The van der Waals surface area contributed by atoms with Crippen molar-refractivity contribution in [2.75, 3.05) is 13.2 Å². The van der Waals surface area contributed by atoms with Crippen LogP contribution in [0.2, 0.25) is 0 Å². The van der Waals surface area contributed by atoms with Crippen LogP contribution in [-0.2, 0) is 26.3 Å². The standard InChI is InChI=1S/C21H25NO4/c1-21(2,3)17-11-7-8-12-18(17)25-15-20(24)26-14-19(23)22-13-16-9-5-4-6-10-16/h4-12H,13-15H2,1-3H3,(H,22,23). The van der Waals surface area contributed by atoms with E-state index in [1.807, 2.05) is 54.6 Å². The van der Waals surface area contributed by atoms with Gasteiger partial charge in [-0.2, -0.15) is 0 Å². The SMILES string of the molecule is CC(C)(C)c1ccccc1OCC(=O)OCC(=O)NCc1ccccc1. The fourth-order valence-electron chi connectivity index (χ4n) is 2.38. The van der Waals surface area contributed by atoms with Gasteiger partial charge in [-0.25, -0.2) is 4.79 Å². The topological polar surface area (TPSA) is 64.6 Å². The highest BCUT2D eigenvalue weighted by Gasteiger charge is 2.19. The minimum Gasteiger partial charge on any atom is -0.482 e. The van der Waals surface area contributed by atoms with Crippen molar-refractivity contribution < 1.29 is 19.1 Å². The molecule has 0 aliphatic carbocycles. The van der Waals surface area contributed by atoms with Gasteiger partial charge in [0.1, 0.15) is 5.75 Å². The number of rotatable bonds is 7. The number of benzene rings is 2. The number of para-hydroxylation sites is 1. The van der Waals surface area contributed by atoms with Crippen LogP contribution in [0.1, 0.15) is 31.9 Å². The van der Waals surface area contributed by atoms with Gasteiger partial charge in [-0.1, -0.05) is 69.3 Å². The lowest BCUT2D eigenvalue weighted by molar-refractivity contribution is -0.150. The summed E-state index contributed by atoms with van der Waals surface area (Å²) < 4.78 is 10.5. The molecule has 0 heterocycles. The highest BCUT2D eigenvalue weighted by Crippen LogP contribution is 2.30. The van der Waals surface area contributed by atoms with Gasteiger partial charge >= 0.3 is 5.97 Å². The molecule has 1 N–H and O–H groups in total. The van der Waals surface area contributed by atoms with Crippen molar-refractivity contribution in [3.63, 3.8) is 0 Å². The van der Waals surface area contributed by atoms with Crippen LogP contribution in [0.15, 0.2) is 54.6 Å². The molecule has 2 aromatic rings. The van der Waals surface area contributed by atoms with E-state index < -0.39 is 5.97 Å². The third-order valence-electron chi connectivity index (χ3n) is 3.74. The zero-order chi connectivity index (χ0) is 19.0. The molecular formula is C21H25NO4. The third-order valence-corrected chi connectivity index (χ3v) is 3.74. The molecule has 0 unspecified atom stereocenters. The van der Waals surface area contributed by atoms with Crippen LogP contribution in [0.25, 0.3) is 0 Å². The number of amides is 1. The number of nitrogens with one attached hydrogen (secondary N) is 1. The fourth-order valence-corrected chi connectivity index (χ4v) is 2.38. The van der Waals surface area contributed by atoms with Crippen LogP contribution in [0.5, 0.6) is 5.75 Å². The first-order valence-electron chi connectivity index (χ1n) is 8.55. The molecule has 0 saturated heterocycles. The maximum Gasteiger partial charge on any atom is 0.344 e. The number of hydrogen-bond acceptors (Lipinski definition) is 4. The number of carbonyl (C=O) groups excluding carboxylic acids is 2. The molecule has 5 heteroatoms. The van der Waals surface area contributed by atoms with Crippen LogP contribution in [0, 0.1) is 0 Å². The molecule has 26 heavy (non-hydrogen) atoms. The van der Waals surface area contributed by atoms with Crippen molar-refractivity contribution in [3.8, 4) is 5.75 Å². The van der Waals surface area contributed by atoms with E-state index in [-0.39, 0.29) is 24.5 Å². The van der Waals surface area contributed by atoms with E-state index in [0.29, 0.717) is 12.3 Å². The summed E-state index contributed by atoms with van der Waals surface area (Å²) >= 11 is 0. The van der Waals surface area contributed by atoms with Gasteiger partial charge in [-0.15, -0.1) is 0 Å². The molecular weight excluding hydrogens is 330 g/mol. The average Bonchev–Trinajstić information content (AvgIpc) is 2.63. The second-order valence-electron chi connectivity index (χ2n) is 6.96. The van der Waals surface area contributed by atoms with Crippen molar-refractivity contribution in [3.05, 3.63) is 65.7 Å². The van der Waals surface area contributed by atoms with Gasteiger partial charge in [0, 0.05) is 6.54 Å². The van der Waals surface area contributed by atoms with Crippen molar-refractivity contribution in [1.29, 1.82) is 0 Å². The molecule has 0 bridgehead atoms. The summed E-state index contributed by atoms with van der Waals surface area (Å²) in [5.41, 5.74) is 1.89. The molecule has 0 aromatic heterocycles. The second-order valence-corrected chi connectivity index (χ2v) is 6.96. The normalized spacial score (nSPS) is 10.9. The molecule has 2 rings (SSSR count). The number of hydrogen-bond donors (Lipinski definition) is 1. The van der Waals surface area contributed by atoms with E-state index in [1.165, 1.54) is 0 Å². The summed E-state index contributed by atoms with van der Waals surface area (Å²) in [6.45, 7) is 6.06. The lowest BCUT2D eigenvalue weighted by Gasteiger charge is -2.22.